The van der Waals surface area contributed by atoms with Crippen molar-refractivity contribution in [3.05, 3.63) is 41.6 Å². The fourth-order valence-corrected chi connectivity index (χ4v) is 4.37. The van der Waals surface area contributed by atoms with Crippen molar-refractivity contribution >= 4 is 34.7 Å². The van der Waals surface area contributed by atoms with Gasteiger partial charge in [-0.15, -0.1) is 10.2 Å². The molecule has 4 heterocycles. The van der Waals surface area contributed by atoms with E-state index >= 15 is 0 Å². The molecular weight excluding hydrogens is 464 g/mol. The second kappa shape index (κ2) is 9.87. The number of nitrogens with zero attached hydrogens (tertiary/aromatic N) is 7. The topological polar surface area (TPSA) is 142 Å². The first-order valence-corrected chi connectivity index (χ1v) is 11.7. The lowest BCUT2D eigenvalue weighted by Gasteiger charge is -2.29. The maximum Gasteiger partial charge on any atom is 0.273 e. The Kier molecular flexibility index (Phi) is 6.48. The molecule has 1 saturated heterocycles. The molecule has 3 aromatic rings. The van der Waals surface area contributed by atoms with Gasteiger partial charge in [0.25, 0.3) is 5.91 Å². The van der Waals surface area contributed by atoms with Crippen LogP contribution in [0.25, 0.3) is 5.69 Å². The van der Waals surface area contributed by atoms with Crippen molar-refractivity contribution in [1.82, 2.24) is 35.2 Å². The number of aromatic nitrogens is 5. The van der Waals surface area contributed by atoms with Crippen molar-refractivity contribution in [2.24, 2.45) is 0 Å². The maximum atomic E-state index is 12.6. The molecule has 0 atom stereocenters. The summed E-state index contributed by atoms with van der Waals surface area (Å²) in [5.74, 6) is 1.18. The lowest BCUT2D eigenvalue weighted by molar-refractivity contribution is -0.118. The van der Waals surface area contributed by atoms with E-state index in [1.165, 1.54) is 7.05 Å². The average molecular weight is 493 g/mol. The number of amides is 2. The van der Waals surface area contributed by atoms with Crippen LogP contribution in [0.4, 0.5) is 22.9 Å². The van der Waals surface area contributed by atoms with Gasteiger partial charge in [-0.25, -0.2) is 9.67 Å². The predicted molar refractivity (Wildman–Crippen MR) is 133 cm³/mol. The molecule has 2 amide bonds. The zero-order valence-electron chi connectivity index (χ0n) is 20.4. The second-order valence-electron chi connectivity index (χ2n) is 8.65. The second-order valence-corrected chi connectivity index (χ2v) is 8.65. The fourth-order valence-electron chi connectivity index (χ4n) is 4.37. The summed E-state index contributed by atoms with van der Waals surface area (Å²) in [6, 6.07) is 7.40. The van der Waals surface area contributed by atoms with Crippen LogP contribution < -0.4 is 20.9 Å². The number of hydrogen-bond donors (Lipinski definition) is 3. The van der Waals surface area contributed by atoms with Crippen LogP contribution in [-0.2, 0) is 16.1 Å². The summed E-state index contributed by atoms with van der Waals surface area (Å²) in [4.78, 5) is 33.7. The number of rotatable bonds is 6. The summed E-state index contributed by atoms with van der Waals surface area (Å²) in [6.07, 6.45) is 0. The van der Waals surface area contributed by atoms with Crippen molar-refractivity contribution in [3.63, 3.8) is 0 Å². The van der Waals surface area contributed by atoms with E-state index in [-0.39, 0.29) is 24.0 Å². The highest BCUT2D eigenvalue weighted by Gasteiger charge is 2.26. The molecule has 0 spiro atoms. The van der Waals surface area contributed by atoms with Gasteiger partial charge in [-0.1, -0.05) is 6.07 Å². The van der Waals surface area contributed by atoms with Crippen LogP contribution in [0.5, 0.6) is 0 Å². The van der Waals surface area contributed by atoms with Gasteiger partial charge in [0.05, 0.1) is 49.1 Å². The lowest BCUT2D eigenvalue weighted by atomic mass is 10.1. The molecule has 0 unspecified atom stereocenters. The zero-order chi connectivity index (χ0) is 25.2. The van der Waals surface area contributed by atoms with E-state index in [1.807, 2.05) is 41.8 Å². The molecule has 1 fully saturated rings. The van der Waals surface area contributed by atoms with Crippen LogP contribution in [0.15, 0.2) is 24.3 Å². The Balaban J connectivity index is 1.44. The van der Waals surface area contributed by atoms with Crippen molar-refractivity contribution in [3.8, 4) is 5.69 Å². The first-order chi connectivity index (χ1) is 17.4. The van der Waals surface area contributed by atoms with Gasteiger partial charge in [-0.05, 0) is 19.1 Å². The molecule has 2 aromatic heterocycles. The van der Waals surface area contributed by atoms with Crippen LogP contribution in [0.2, 0.25) is 0 Å². The Morgan fingerprint density at radius 1 is 1.14 bits per heavy atom. The molecule has 2 aliphatic rings. The molecular formula is C23H28N10O3. The normalized spacial score (nSPS) is 15.1. The molecule has 3 N–H and O–H groups in total. The molecule has 36 heavy (non-hydrogen) atoms. The highest BCUT2D eigenvalue weighted by molar-refractivity contribution is 6.00. The highest BCUT2D eigenvalue weighted by Crippen LogP contribution is 2.38. The van der Waals surface area contributed by atoms with Crippen molar-refractivity contribution in [1.29, 1.82) is 0 Å². The van der Waals surface area contributed by atoms with Gasteiger partial charge < -0.3 is 25.6 Å². The van der Waals surface area contributed by atoms with Gasteiger partial charge in [-0.3, -0.25) is 14.5 Å². The van der Waals surface area contributed by atoms with Crippen LogP contribution in [-0.4, -0.2) is 88.6 Å². The minimum Gasteiger partial charge on any atom is -0.379 e. The number of nitrogens with one attached hydrogen (secondary N) is 3. The molecule has 0 bridgehead atoms. The number of para-hydroxylation sites is 1. The van der Waals surface area contributed by atoms with E-state index in [9.17, 15) is 9.59 Å². The molecule has 0 radical (unpaired) electrons. The third kappa shape index (κ3) is 4.70. The molecule has 0 aliphatic carbocycles. The minimum atomic E-state index is -0.400. The number of anilines is 4. The zero-order valence-corrected chi connectivity index (χ0v) is 20.4. The molecule has 13 nitrogen and oxygen atoms in total. The smallest absolute Gasteiger partial charge is 0.273 e. The Bertz CT molecular complexity index is 1300. The SMILES string of the molecule is CNC(=O)c1nnc(NC(=O)CN2CCOCC2)cc1Nc1cccc2c1N(C)Cc1nc(C)nn1-2. The van der Waals surface area contributed by atoms with Gasteiger partial charge >= 0.3 is 0 Å². The molecule has 188 valence electrons. The predicted octanol–water partition coefficient (Wildman–Crippen LogP) is 0.689. The van der Waals surface area contributed by atoms with Crippen LogP contribution in [0.3, 0.4) is 0 Å². The van der Waals surface area contributed by atoms with Crippen LogP contribution in [0.1, 0.15) is 22.1 Å². The summed E-state index contributed by atoms with van der Waals surface area (Å²) in [6.45, 7) is 5.26. The Hall–Kier alpha value is -4.10. The third-order valence-corrected chi connectivity index (χ3v) is 6.03. The Morgan fingerprint density at radius 2 is 1.94 bits per heavy atom. The first-order valence-electron chi connectivity index (χ1n) is 11.7. The first kappa shape index (κ1) is 23.6. The highest BCUT2D eigenvalue weighted by atomic mass is 16.5. The van der Waals surface area contributed by atoms with Gasteiger partial charge in [0.1, 0.15) is 5.82 Å². The molecule has 1 aromatic carbocycles. The van der Waals surface area contributed by atoms with E-state index in [4.69, 9.17) is 4.74 Å². The van der Waals surface area contributed by atoms with Gasteiger partial charge in [0, 0.05) is 33.3 Å². The maximum absolute atomic E-state index is 12.6. The number of hydrogen-bond acceptors (Lipinski definition) is 10. The summed E-state index contributed by atoms with van der Waals surface area (Å²) in [7, 11) is 3.50. The lowest BCUT2D eigenvalue weighted by Crippen LogP contribution is -2.41. The quantitative estimate of drug-likeness (QED) is 0.450. The summed E-state index contributed by atoms with van der Waals surface area (Å²) >= 11 is 0. The molecule has 2 aliphatic heterocycles. The molecule has 0 saturated carbocycles. The number of carbonyl (C=O) groups is 2. The number of aryl methyl sites for hydroxylation is 1. The van der Waals surface area contributed by atoms with Crippen molar-refractivity contribution < 1.29 is 14.3 Å². The average Bonchev–Trinajstić information content (AvgIpc) is 3.24. The number of fused-ring (bicyclic) bond motifs is 3. The Labute approximate surface area is 207 Å². The van der Waals surface area contributed by atoms with Gasteiger partial charge in [0.15, 0.2) is 17.3 Å². The minimum absolute atomic E-state index is 0.108. The van der Waals surface area contributed by atoms with Crippen molar-refractivity contribution in [2.75, 3.05) is 62.5 Å². The van der Waals surface area contributed by atoms with Gasteiger partial charge in [-0.2, -0.15) is 5.10 Å². The summed E-state index contributed by atoms with van der Waals surface area (Å²) in [5, 5.41) is 21.4. The number of carbonyl (C=O) groups excluding carboxylic acids is 2. The molecule has 5 rings (SSSR count). The Morgan fingerprint density at radius 3 is 2.72 bits per heavy atom. The number of ether oxygens (including phenoxy) is 1. The largest absolute Gasteiger partial charge is 0.379 e. The number of morpholine rings is 1. The third-order valence-electron chi connectivity index (χ3n) is 6.03. The summed E-state index contributed by atoms with van der Waals surface area (Å²) < 4.78 is 7.16. The van der Waals surface area contributed by atoms with Crippen molar-refractivity contribution in [2.45, 2.75) is 13.5 Å². The van der Waals surface area contributed by atoms with Crippen LogP contribution in [0, 0.1) is 6.92 Å². The van der Waals surface area contributed by atoms with E-state index in [0.717, 1.165) is 22.9 Å². The van der Waals surface area contributed by atoms with E-state index in [2.05, 4.69) is 41.1 Å². The monoisotopic (exact) mass is 492 g/mol. The standard InChI is InChI=1S/C23H28N10O3/c1-14-25-19-12-31(3)22-15(5-4-6-17(22)33(19)30-14)26-16-11-18(28-29-21(16)23(35)24-2)27-20(34)13-32-7-9-36-10-8-32/h4-6,11H,7-10,12-13H2,1-3H3,(H,24,35)(H2,26,27,28,34). The van der Waals surface area contributed by atoms with E-state index < -0.39 is 5.91 Å². The van der Waals surface area contributed by atoms with E-state index in [1.54, 1.807) is 6.07 Å². The fraction of sp³-hybridized carbons (Fsp3) is 0.391. The van der Waals surface area contributed by atoms with E-state index in [0.29, 0.717) is 44.4 Å². The van der Waals surface area contributed by atoms with Gasteiger partial charge in [0.2, 0.25) is 5.91 Å². The number of benzene rings is 1. The summed E-state index contributed by atoms with van der Waals surface area (Å²) in [5.41, 5.74) is 3.03. The van der Waals surface area contributed by atoms with Crippen LogP contribution >= 0.6 is 0 Å². The molecule has 13 heteroatoms.